The number of aliphatic hydroxyl groups excluding tert-OH is 1. The Morgan fingerprint density at radius 3 is 2.80 bits per heavy atom. The molecule has 0 aliphatic heterocycles. The molecule has 0 aliphatic carbocycles. The molecule has 0 bridgehead atoms. The lowest BCUT2D eigenvalue weighted by molar-refractivity contribution is -0.139. The monoisotopic (exact) mass is 273 g/mol. The first-order valence-electron chi connectivity index (χ1n) is 4.51. The minimum absolute atomic E-state index is 0.0618. The van der Waals surface area contributed by atoms with Crippen LogP contribution < -0.4 is 0 Å². The van der Waals surface area contributed by atoms with Crippen molar-refractivity contribution < 1.29 is 15.0 Å². The van der Waals surface area contributed by atoms with Gasteiger partial charge in [-0.25, -0.2) is 0 Å². The number of carboxylic acid groups (broad SMARTS) is 1. The third kappa shape index (κ3) is 3.60. The molecule has 0 fully saturated rings. The summed E-state index contributed by atoms with van der Waals surface area (Å²) in [6, 6.07) is 1.73. The predicted molar refractivity (Wildman–Crippen MR) is 58.3 cm³/mol. The van der Waals surface area contributed by atoms with Gasteiger partial charge in [0, 0.05) is 22.4 Å². The van der Waals surface area contributed by atoms with Crippen LogP contribution in [-0.4, -0.2) is 21.2 Å². The number of rotatable bonds is 4. The Morgan fingerprint density at radius 1 is 1.60 bits per heavy atom. The average molecular weight is 274 g/mol. The van der Waals surface area contributed by atoms with Crippen LogP contribution in [0.5, 0.6) is 0 Å². The molecular weight excluding hydrogens is 262 g/mol. The van der Waals surface area contributed by atoms with E-state index in [-0.39, 0.29) is 12.3 Å². The molecule has 4 nitrogen and oxygen atoms in total. The van der Waals surface area contributed by atoms with Crippen molar-refractivity contribution >= 4 is 21.9 Å². The molecule has 0 amide bonds. The minimum Gasteiger partial charge on any atom is -0.481 e. The lowest BCUT2D eigenvalue weighted by Gasteiger charge is -2.17. The van der Waals surface area contributed by atoms with Crippen LogP contribution in [0.1, 0.15) is 25.0 Å². The molecule has 0 aromatic carbocycles. The van der Waals surface area contributed by atoms with Crippen molar-refractivity contribution in [1.29, 1.82) is 0 Å². The molecule has 1 heterocycles. The minimum atomic E-state index is -0.912. The smallest absolute Gasteiger partial charge is 0.303 e. The van der Waals surface area contributed by atoms with Crippen LogP contribution in [-0.2, 0) is 4.79 Å². The highest BCUT2D eigenvalue weighted by molar-refractivity contribution is 9.10. The average Bonchev–Trinajstić information content (AvgIpc) is 2.15. The van der Waals surface area contributed by atoms with E-state index in [9.17, 15) is 9.90 Å². The van der Waals surface area contributed by atoms with Gasteiger partial charge in [-0.05, 0) is 27.9 Å². The fourth-order valence-corrected chi connectivity index (χ4v) is 1.69. The zero-order chi connectivity index (χ0) is 11.4. The molecule has 2 N–H and O–H groups in total. The summed E-state index contributed by atoms with van der Waals surface area (Å²) in [7, 11) is 0. The molecule has 0 saturated heterocycles. The molecule has 5 heteroatoms. The van der Waals surface area contributed by atoms with E-state index in [1.165, 1.54) is 6.20 Å². The molecule has 15 heavy (non-hydrogen) atoms. The van der Waals surface area contributed by atoms with Crippen LogP contribution in [0.2, 0.25) is 0 Å². The van der Waals surface area contributed by atoms with Crippen LogP contribution in [0.3, 0.4) is 0 Å². The van der Waals surface area contributed by atoms with Gasteiger partial charge in [-0.3, -0.25) is 9.78 Å². The molecule has 82 valence electrons. The normalized spacial score (nSPS) is 14.6. The van der Waals surface area contributed by atoms with Gasteiger partial charge in [-0.15, -0.1) is 0 Å². The number of aliphatic hydroxyl groups is 1. The second-order valence-corrected chi connectivity index (χ2v) is 4.37. The predicted octanol–water partition coefficient (Wildman–Crippen LogP) is 1.99. The number of carboxylic acids is 1. The summed E-state index contributed by atoms with van der Waals surface area (Å²) in [5, 5.41) is 18.4. The SMILES string of the molecule is CC(CC(=O)O)C(O)c1cncc(Br)c1. The lowest BCUT2D eigenvalue weighted by atomic mass is 9.96. The zero-order valence-electron chi connectivity index (χ0n) is 8.22. The first-order valence-corrected chi connectivity index (χ1v) is 5.30. The van der Waals surface area contributed by atoms with Gasteiger partial charge in [0.1, 0.15) is 0 Å². The number of nitrogens with zero attached hydrogens (tertiary/aromatic N) is 1. The maximum Gasteiger partial charge on any atom is 0.303 e. The molecular formula is C10H12BrNO3. The second-order valence-electron chi connectivity index (χ2n) is 3.46. The molecule has 0 saturated carbocycles. The van der Waals surface area contributed by atoms with E-state index < -0.39 is 12.1 Å². The molecule has 0 radical (unpaired) electrons. The van der Waals surface area contributed by atoms with E-state index >= 15 is 0 Å². The van der Waals surface area contributed by atoms with Gasteiger partial charge in [0.25, 0.3) is 0 Å². The summed E-state index contributed by atoms with van der Waals surface area (Å²) in [6.07, 6.45) is 2.28. The van der Waals surface area contributed by atoms with Crippen molar-refractivity contribution in [3.8, 4) is 0 Å². The Hall–Kier alpha value is -0.940. The van der Waals surface area contributed by atoms with Gasteiger partial charge < -0.3 is 10.2 Å². The Labute approximate surface area is 96.1 Å². The van der Waals surface area contributed by atoms with Gasteiger partial charge in [0.15, 0.2) is 0 Å². The fraction of sp³-hybridized carbons (Fsp3) is 0.400. The van der Waals surface area contributed by atoms with E-state index in [0.717, 1.165) is 4.47 Å². The third-order valence-corrected chi connectivity index (χ3v) is 2.54. The number of hydrogen-bond donors (Lipinski definition) is 2. The summed E-state index contributed by atoms with van der Waals surface area (Å²) in [5.74, 6) is -1.25. The summed E-state index contributed by atoms with van der Waals surface area (Å²) < 4.78 is 0.765. The van der Waals surface area contributed by atoms with Gasteiger partial charge in [0.2, 0.25) is 0 Å². The largest absolute Gasteiger partial charge is 0.481 e. The van der Waals surface area contributed by atoms with Gasteiger partial charge in [-0.1, -0.05) is 6.92 Å². The molecule has 2 unspecified atom stereocenters. The highest BCUT2D eigenvalue weighted by atomic mass is 79.9. The van der Waals surface area contributed by atoms with Crippen LogP contribution in [0.15, 0.2) is 22.9 Å². The molecule has 1 aromatic rings. The number of halogens is 1. The highest BCUT2D eigenvalue weighted by Crippen LogP contribution is 2.25. The summed E-state index contributed by atoms with van der Waals surface area (Å²) >= 11 is 3.24. The quantitative estimate of drug-likeness (QED) is 0.880. The summed E-state index contributed by atoms with van der Waals surface area (Å²) in [5.41, 5.74) is 0.623. The second kappa shape index (κ2) is 5.23. The highest BCUT2D eigenvalue weighted by Gasteiger charge is 2.19. The first kappa shape index (κ1) is 12.1. The van der Waals surface area contributed by atoms with Crippen molar-refractivity contribution in [2.75, 3.05) is 0 Å². The third-order valence-electron chi connectivity index (χ3n) is 2.10. The maximum absolute atomic E-state index is 10.5. The van der Waals surface area contributed by atoms with Crippen molar-refractivity contribution in [2.24, 2.45) is 5.92 Å². The van der Waals surface area contributed by atoms with E-state index in [4.69, 9.17) is 5.11 Å². The number of aliphatic carboxylic acids is 1. The molecule has 2 atom stereocenters. The van der Waals surface area contributed by atoms with Crippen LogP contribution in [0, 0.1) is 5.92 Å². The topological polar surface area (TPSA) is 70.4 Å². The first-order chi connectivity index (χ1) is 7.00. The summed E-state index contributed by atoms with van der Waals surface area (Å²) in [6.45, 7) is 1.69. The fourth-order valence-electron chi connectivity index (χ4n) is 1.31. The molecule has 1 rings (SSSR count). The van der Waals surface area contributed by atoms with Crippen LogP contribution in [0.4, 0.5) is 0 Å². The zero-order valence-corrected chi connectivity index (χ0v) is 9.81. The lowest BCUT2D eigenvalue weighted by Crippen LogP contribution is -2.13. The van der Waals surface area contributed by atoms with E-state index in [2.05, 4.69) is 20.9 Å². The van der Waals surface area contributed by atoms with Crippen molar-refractivity contribution in [1.82, 2.24) is 4.98 Å². The number of carbonyl (C=O) groups is 1. The van der Waals surface area contributed by atoms with Gasteiger partial charge in [0.05, 0.1) is 12.5 Å². The maximum atomic E-state index is 10.5. The Bertz CT molecular complexity index is 356. The van der Waals surface area contributed by atoms with Gasteiger partial charge in [-0.2, -0.15) is 0 Å². The molecule has 0 spiro atoms. The Balaban J connectivity index is 2.75. The molecule has 0 aliphatic rings. The van der Waals surface area contributed by atoms with Crippen molar-refractivity contribution in [2.45, 2.75) is 19.4 Å². The molecule has 1 aromatic heterocycles. The number of hydrogen-bond acceptors (Lipinski definition) is 3. The van der Waals surface area contributed by atoms with Gasteiger partial charge >= 0.3 is 5.97 Å². The van der Waals surface area contributed by atoms with E-state index in [0.29, 0.717) is 5.56 Å². The Morgan fingerprint density at radius 2 is 2.27 bits per heavy atom. The van der Waals surface area contributed by atoms with Crippen LogP contribution >= 0.6 is 15.9 Å². The van der Waals surface area contributed by atoms with Crippen molar-refractivity contribution in [3.63, 3.8) is 0 Å². The number of aromatic nitrogens is 1. The van der Waals surface area contributed by atoms with Crippen molar-refractivity contribution in [3.05, 3.63) is 28.5 Å². The van der Waals surface area contributed by atoms with E-state index in [1.807, 2.05) is 0 Å². The standard InChI is InChI=1S/C10H12BrNO3/c1-6(2-9(13)14)10(15)7-3-8(11)5-12-4-7/h3-6,10,15H,2H2,1H3,(H,13,14). The van der Waals surface area contributed by atoms with Crippen LogP contribution in [0.25, 0.3) is 0 Å². The number of pyridine rings is 1. The van der Waals surface area contributed by atoms with E-state index in [1.54, 1.807) is 19.2 Å². The summed E-state index contributed by atoms with van der Waals surface area (Å²) in [4.78, 5) is 14.4. The Kier molecular flexibility index (Phi) is 4.23.